The Labute approximate surface area is 264 Å². The number of hydrogen-bond donors (Lipinski definition) is 1. The van der Waals surface area contributed by atoms with Crippen molar-refractivity contribution in [3.05, 3.63) is 24.2 Å². The van der Waals surface area contributed by atoms with Gasteiger partial charge in [0.05, 0.1) is 12.7 Å². The van der Waals surface area contributed by atoms with Crippen LogP contribution in [-0.2, 0) is 14.3 Å². The molecule has 0 saturated heterocycles. The maximum absolute atomic E-state index is 14.0. The molecular weight excluding hydrogens is 552 g/mol. The molecular formula is C38H56O6. The summed E-state index contributed by atoms with van der Waals surface area (Å²) < 4.78 is 11.5. The van der Waals surface area contributed by atoms with Crippen molar-refractivity contribution in [1.29, 1.82) is 0 Å². The predicted octanol–water partition coefficient (Wildman–Crippen LogP) is 8.98. The third-order valence-corrected chi connectivity index (χ3v) is 15.4. The standard InChI is InChI=1S/C38H56O6/c1-23(2)24-14-19-38(29(39)12-13-31(40)41)21-20-36(6)25(32(24)38)10-11-28-35(5)17-16-30(44-33(42)26-9-8-22-43-26)34(3,4)27(35)15-18-37(28,36)7/h8-9,22-25,27-28,30,32H,10-21H2,1-7H3,(H,40,41)/t24?,25?,27?,28?,30-,32?,35+,36-,37-,38-/m1/s1. The maximum atomic E-state index is 14.0. The predicted molar refractivity (Wildman–Crippen MR) is 169 cm³/mol. The third-order valence-electron chi connectivity index (χ3n) is 15.4. The van der Waals surface area contributed by atoms with Crippen LogP contribution in [0.3, 0.4) is 0 Å². The first-order valence-corrected chi connectivity index (χ1v) is 17.6. The topological polar surface area (TPSA) is 93.8 Å². The molecule has 244 valence electrons. The van der Waals surface area contributed by atoms with Gasteiger partial charge in [0.2, 0.25) is 5.76 Å². The Balaban J connectivity index is 1.29. The lowest BCUT2D eigenvalue weighted by Crippen LogP contribution is -2.67. The van der Waals surface area contributed by atoms with Gasteiger partial charge >= 0.3 is 11.9 Å². The van der Waals surface area contributed by atoms with Crippen LogP contribution in [0, 0.1) is 62.6 Å². The molecule has 5 aliphatic carbocycles. The van der Waals surface area contributed by atoms with E-state index in [-0.39, 0.29) is 63.5 Å². The second-order valence-corrected chi connectivity index (χ2v) is 17.3. The Morgan fingerprint density at radius 3 is 2.30 bits per heavy atom. The Morgan fingerprint density at radius 1 is 0.886 bits per heavy atom. The minimum atomic E-state index is -0.864. The largest absolute Gasteiger partial charge is 0.481 e. The molecule has 1 N–H and O–H groups in total. The van der Waals surface area contributed by atoms with Gasteiger partial charge < -0.3 is 14.3 Å². The molecule has 5 saturated carbocycles. The highest BCUT2D eigenvalue weighted by Crippen LogP contribution is 2.77. The second kappa shape index (κ2) is 10.7. The van der Waals surface area contributed by atoms with Gasteiger partial charge in [0.15, 0.2) is 0 Å². The zero-order valence-electron chi connectivity index (χ0n) is 28.2. The molecule has 0 aromatic carbocycles. The van der Waals surface area contributed by atoms with Crippen molar-refractivity contribution < 1.29 is 28.6 Å². The van der Waals surface area contributed by atoms with E-state index < -0.39 is 5.97 Å². The third kappa shape index (κ3) is 4.42. The van der Waals surface area contributed by atoms with E-state index in [4.69, 9.17) is 9.15 Å². The zero-order valence-corrected chi connectivity index (χ0v) is 28.2. The van der Waals surface area contributed by atoms with Crippen LogP contribution in [0.1, 0.15) is 136 Å². The number of carboxylic acid groups (broad SMARTS) is 1. The fourth-order valence-corrected chi connectivity index (χ4v) is 13.1. The fourth-order valence-electron chi connectivity index (χ4n) is 13.1. The van der Waals surface area contributed by atoms with Crippen molar-refractivity contribution in [2.75, 3.05) is 0 Å². The van der Waals surface area contributed by atoms with Crippen LogP contribution in [-0.4, -0.2) is 28.9 Å². The van der Waals surface area contributed by atoms with E-state index >= 15 is 0 Å². The normalized spacial score (nSPS) is 44.2. The molecule has 5 fully saturated rings. The first-order valence-electron chi connectivity index (χ1n) is 17.6. The summed E-state index contributed by atoms with van der Waals surface area (Å²) in [5.41, 5.74) is 0.0132. The molecule has 0 aliphatic heterocycles. The molecule has 0 bridgehead atoms. The molecule has 0 radical (unpaired) electrons. The molecule has 6 rings (SSSR count). The number of carboxylic acids is 1. The number of ketones is 1. The van der Waals surface area contributed by atoms with E-state index in [1.165, 1.54) is 19.1 Å². The minimum absolute atomic E-state index is 0.0469. The number of carbonyl (C=O) groups is 3. The Hall–Kier alpha value is -2.11. The molecule has 10 atom stereocenters. The molecule has 1 aromatic heterocycles. The van der Waals surface area contributed by atoms with E-state index in [0.29, 0.717) is 35.5 Å². The van der Waals surface area contributed by atoms with Crippen LogP contribution in [0.4, 0.5) is 0 Å². The number of hydrogen-bond acceptors (Lipinski definition) is 5. The Bertz CT molecular complexity index is 1280. The van der Waals surface area contributed by atoms with Gasteiger partial charge in [-0.2, -0.15) is 0 Å². The molecule has 0 spiro atoms. The van der Waals surface area contributed by atoms with E-state index in [1.807, 2.05) is 0 Å². The van der Waals surface area contributed by atoms with Crippen LogP contribution in [0.25, 0.3) is 0 Å². The van der Waals surface area contributed by atoms with Crippen LogP contribution in [0.15, 0.2) is 22.8 Å². The van der Waals surface area contributed by atoms with E-state index in [1.54, 1.807) is 12.1 Å². The minimum Gasteiger partial charge on any atom is -0.481 e. The summed E-state index contributed by atoms with van der Waals surface area (Å²) >= 11 is 0. The van der Waals surface area contributed by atoms with Crippen molar-refractivity contribution >= 4 is 17.7 Å². The molecule has 44 heavy (non-hydrogen) atoms. The van der Waals surface area contributed by atoms with Crippen molar-refractivity contribution in [2.45, 2.75) is 132 Å². The number of esters is 1. The monoisotopic (exact) mass is 608 g/mol. The van der Waals surface area contributed by atoms with Gasteiger partial charge in [-0.3, -0.25) is 9.59 Å². The lowest BCUT2D eigenvalue weighted by molar-refractivity contribution is -0.247. The Kier molecular flexibility index (Phi) is 7.76. The maximum Gasteiger partial charge on any atom is 0.374 e. The molecule has 6 nitrogen and oxygen atoms in total. The number of carbonyl (C=O) groups excluding carboxylic acids is 2. The summed E-state index contributed by atoms with van der Waals surface area (Å²) in [7, 11) is 0. The first kappa shape index (κ1) is 31.9. The van der Waals surface area contributed by atoms with E-state index in [9.17, 15) is 19.5 Å². The summed E-state index contributed by atoms with van der Waals surface area (Å²) in [6.45, 7) is 17.1. The molecule has 0 amide bonds. The van der Waals surface area contributed by atoms with Gasteiger partial charge in [-0.05, 0) is 128 Å². The van der Waals surface area contributed by atoms with Crippen molar-refractivity contribution in [3.63, 3.8) is 0 Å². The summed E-state index contributed by atoms with van der Waals surface area (Å²) in [6, 6.07) is 3.41. The first-order chi connectivity index (χ1) is 20.6. The van der Waals surface area contributed by atoms with Crippen molar-refractivity contribution in [3.8, 4) is 0 Å². The summed E-state index contributed by atoms with van der Waals surface area (Å²) in [6.07, 6.45) is 12.2. The highest BCUT2D eigenvalue weighted by atomic mass is 16.6. The van der Waals surface area contributed by atoms with E-state index in [0.717, 1.165) is 51.4 Å². The van der Waals surface area contributed by atoms with Gasteiger partial charge in [0, 0.05) is 17.3 Å². The lowest BCUT2D eigenvalue weighted by atomic mass is 9.32. The number of furan rings is 1. The van der Waals surface area contributed by atoms with Gasteiger partial charge in [0.1, 0.15) is 11.9 Å². The zero-order chi connectivity index (χ0) is 31.9. The molecule has 1 heterocycles. The fraction of sp³-hybridized carbons (Fsp3) is 0.816. The molecule has 1 aromatic rings. The highest BCUT2D eigenvalue weighted by molar-refractivity contribution is 5.88. The van der Waals surface area contributed by atoms with Gasteiger partial charge in [-0.1, -0.05) is 48.5 Å². The summed E-state index contributed by atoms with van der Waals surface area (Å²) in [5, 5.41) is 9.41. The van der Waals surface area contributed by atoms with Gasteiger partial charge in [-0.15, -0.1) is 0 Å². The molecule has 5 aliphatic rings. The SMILES string of the molecule is CC(C)C1CC[C@]2(C(=O)CCC(=O)O)CC[C@]3(C)C(CCC4[C@@]5(C)CC[C@@H](OC(=O)c6ccco6)C(C)(C)C5CC[C@]43C)C12. The van der Waals surface area contributed by atoms with Crippen LogP contribution in [0.5, 0.6) is 0 Å². The number of fused-ring (bicyclic) bond motifs is 7. The number of ether oxygens (including phenoxy) is 1. The van der Waals surface area contributed by atoms with Gasteiger partial charge in [0.25, 0.3) is 0 Å². The quantitative estimate of drug-likeness (QED) is 0.311. The second-order valence-electron chi connectivity index (χ2n) is 17.3. The van der Waals surface area contributed by atoms with Crippen LogP contribution >= 0.6 is 0 Å². The summed E-state index contributed by atoms with van der Waals surface area (Å²) in [5.74, 6) is 2.26. The molecule has 5 unspecified atom stereocenters. The van der Waals surface area contributed by atoms with Crippen LogP contribution in [0.2, 0.25) is 0 Å². The smallest absolute Gasteiger partial charge is 0.374 e. The van der Waals surface area contributed by atoms with Crippen molar-refractivity contribution in [1.82, 2.24) is 0 Å². The average molecular weight is 609 g/mol. The molecule has 6 heteroatoms. The Morgan fingerprint density at radius 2 is 1.64 bits per heavy atom. The number of Topliss-reactive ketones (excluding diaryl/α,β-unsaturated/α-hetero) is 1. The van der Waals surface area contributed by atoms with Gasteiger partial charge in [-0.25, -0.2) is 4.79 Å². The highest BCUT2D eigenvalue weighted by Gasteiger charge is 2.72. The summed E-state index contributed by atoms with van der Waals surface area (Å²) in [4.78, 5) is 38.4. The van der Waals surface area contributed by atoms with Crippen molar-refractivity contribution in [2.24, 2.45) is 62.6 Å². The number of rotatable bonds is 7. The van der Waals surface area contributed by atoms with E-state index in [2.05, 4.69) is 48.5 Å². The average Bonchev–Trinajstić information content (AvgIpc) is 3.63. The lowest BCUT2D eigenvalue weighted by Gasteiger charge is -2.73. The van der Waals surface area contributed by atoms with Crippen LogP contribution < -0.4 is 0 Å². The number of aliphatic carboxylic acids is 1.